The van der Waals surface area contributed by atoms with Crippen molar-refractivity contribution in [2.24, 2.45) is 0 Å². The van der Waals surface area contributed by atoms with Gasteiger partial charge < -0.3 is 10.1 Å². The Morgan fingerprint density at radius 3 is 2.48 bits per heavy atom. The van der Waals surface area contributed by atoms with Crippen LogP contribution in [-0.4, -0.2) is 22.9 Å². The van der Waals surface area contributed by atoms with Crippen molar-refractivity contribution in [3.63, 3.8) is 0 Å². The molecule has 31 heavy (non-hydrogen) atoms. The summed E-state index contributed by atoms with van der Waals surface area (Å²) in [6.45, 7) is 2.00. The highest BCUT2D eigenvalue weighted by Crippen LogP contribution is 2.31. The summed E-state index contributed by atoms with van der Waals surface area (Å²) in [5.74, 6) is -0.0816. The number of nitrogens with one attached hydrogen (secondary N) is 1. The number of para-hydroxylation sites is 1. The van der Waals surface area contributed by atoms with Gasteiger partial charge in [-0.3, -0.25) is 14.9 Å². The zero-order chi connectivity index (χ0) is 22.0. The number of anilines is 1. The second-order valence-electron chi connectivity index (χ2n) is 7.03. The second kappa shape index (κ2) is 8.23. The number of nitrogens with zero attached hydrogens (tertiary/aromatic N) is 2. The quantitative estimate of drug-likeness (QED) is 0.350. The number of methoxy groups -OCH3 is 1. The van der Waals surface area contributed by atoms with Gasteiger partial charge in [-0.05, 0) is 25.1 Å². The molecule has 0 saturated heterocycles. The number of ether oxygens (including phenoxy) is 1. The molecule has 0 saturated carbocycles. The maximum absolute atomic E-state index is 13.3. The Morgan fingerprint density at radius 1 is 1.03 bits per heavy atom. The van der Waals surface area contributed by atoms with E-state index in [0.717, 1.165) is 11.1 Å². The van der Waals surface area contributed by atoms with Crippen LogP contribution in [0.4, 0.5) is 11.4 Å². The lowest BCUT2D eigenvalue weighted by Gasteiger charge is -2.13. The third-order valence-corrected chi connectivity index (χ3v) is 4.95. The Hall–Kier alpha value is -4.26. The van der Waals surface area contributed by atoms with Crippen molar-refractivity contribution >= 4 is 28.2 Å². The van der Waals surface area contributed by atoms with Crippen molar-refractivity contribution in [3.05, 3.63) is 94.0 Å². The highest BCUT2D eigenvalue weighted by molar-refractivity contribution is 6.13. The number of nitro groups is 1. The van der Waals surface area contributed by atoms with Crippen molar-refractivity contribution in [2.75, 3.05) is 12.4 Å². The number of pyridine rings is 1. The molecular formula is C24H19N3O4. The van der Waals surface area contributed by atoms with Gasteiger partial charge in [0.25, 0.3) is 11.6 Å². The summed E-state index contributed by atoms with van der Waals surface area (Å²) in [5.41, 5.74) is 3.84. The van der Waals surface area contributed by atoms with Gasteiger partial charge >= 0.3 is 0 Å². The van der Waals surface area contributed by atoms with Crippen molar-refractivity contribution in [2.45, 2.75) is 6.92 Å². The predicted molar refractivity (Wildman–Crippen MR) is 120 cm³/mol. The molecule has 0 aliphatic rings. The number of aryl methyl sites for hydroxylation is 1. The molecule has 0 aliphatic heterocycles. The van der Waals surface area contributed by atoms with E-state index in [-0.39, 0.29) is 11.4 Å². The highest BCUT2D eigenvalue weighted by Gasteiger charge is 2.18. The Balaban J connectivity index is 1.80. The van der Waals surface area contributed by atoms with Gasteiger partial charge in [0.05, 0.1) is 34.5 Å². The lowest BCUT2D eigenvalue weighted by molar-refractivity contribution is -0.384. The molecule has 3 aromatic carbocycles. The van der Waals surface area contributed by atoms with E-state index in [2.05, 4.69) is 5.32 Å². The first kappa shape index (κ1) is 20.0. The monoisotopic (exact) mass is 413 g/mol. The second-order valence-corrected chi connectivity index (χ2v) is 7.03. The molecule has 1 amide bonds. The van der Waals surface area contributed by atoms with E-state index < -0.39 is 10.8 Å². The minimum absolute atomic E-state index is 0.143. The SMILES string of the molecule is COc1ccc([N+](=O)[O-])cc1NC(=O)c1cc(-c2ccc(C)cc2)nc2ccccc12. The van der Waals surface area contributed by atoms with E-state index in [1.54, 1.807) is 6.07 Å². The Kier molecular flexibility index (Phi) is 5.32. The molecule has 0 unspecified atom stereocenters. The maximum atomic E-state index is 13.3. The highest BCUT2D eigenvalue weighted by atomic mass is 16.6. The van der Waals surface area contributed by atoms with E-state index in [0.29, 0.717) is 27.9 Å². The fourth-order valence-electron chi connectivity index (χ4n) is 3.33. The first-order valence-electron chi connectivity index (χ1n) is 9.57. The summed E-state index contributed by atoms with van der Waals surface area (Å²) in [6, 6.07) is 21.0. The molecule has 4 aromatic rings. The van der Waals surface area contributed by atoms with E-state index in [4.69, 9.17) is 9.72 Å². The minimum Gasteiger partial charge on any atom is -0.495 e. The van der Waals surface area contributed by atoms with Gasteiger partial charge in [0.1, 0.15) is 5.75 Å². The van der Waals surface area contributed by atoms with Crippen LogP contribution < -0.4 is 10.1 Å². The summed E-state index contributed by atoms with van der Waals surface area (Å²) in [5, 5.41) is 14.6. The fourth-order valence-corrected chi connectivity index (χ4v) is 3.33. The van der Waals surface area contributed by atoms with Gasteiger partial charge in [-0.1, -0.05) is 48.0 Å². The molecular weight excluding hydrogens is 394 g/mol. The number of non-ortho nitro benzene ring substituents is 1. The smallest absolute Gasteiger partial charge is 0.271 e. The number of hydrogen-bond acceptors (Lipinski definition) is 5. The molecule has 0 aliphatic carbocycles. The van der Waals surface area contributed by atoms with Crippen LogP contribution in [0.2, 0.25) is 0 Å². The number of hydrogen-bond donors (Lipinski definition) is 1. The average Bonchev–Trinajstić information content (AvgIpc) is 2.78. The van der Waals surface area contributed by atoms with Crippen LogP contribution in [0.3, 0.4) is 0 Å². The maximum Gasteiger partial charge on any atom is 0.271 e. The van der Waals surface area contributed by atoms with Crippen molar-refractivity contribution in [1.29, 1.82) is 0 Å². The fraction of sp³-hybridized carbons (Fsp3) is 0.0833. The first-order chi connectivity index (χ1) is 15.0. The molecule has 0 radical (unpaired) electrons. The number of benzene rings is 3. The number of carbonyl (C=O) groups excluding carboxylic acids is 1. The van der Waals surface area contributed by atoms with Gasteiger partial charge in [0.2, 0.25) is 0 Å². The first-order valence-corrected chi connectivity index (χ1v) is 9.57. The molecule has 1 heterocycles. The van der Waals surface area contributed by atoms with Crippen molar-refractivity contribution in [1.82, 2.24) is 4.98 Å². The zero-order valence-corrected chi connectivity index (χ0v) is 17.0. The molecule has 154 valence electrons. The van der Waals surface area contributed by atoms with Crippen LogP contribution in [0.1, 0.15) is 15.9 Å². The number of rotatable bonds is 5. The average molecular weight is 413 g/mol. The lowest BCUT2D eigenvalue weighted by atomic mass is 10.0. The van der Waals surface area contributed by atoms with Gasteiger partial charge in [-0.15, -0.1) is 0 Å². The molecule has 7 heteroatoms. The Labute approximate surface area is 178 Å². The van der Waals surface area contributed by atoms with Crippen LogP contribution in [0, 0.1) is 17.0 Å². The van der Waals surface area contributed by atoms with Gasteiger partial charge in [0, 0.05) is 23.1 Å². The van der Waals surface area contributed by atoms with E-state index in [1.807, 2.05) is 55.5 Å². The summed E-state index contributed by atoms with van der Waals surface area (Å²) in [6.07, 6.45) is 0. The third kappa shape index (κ3) is 4.06. The van der Waals surface area contributed by atoms with E-state index in [9.17, 15) is 14.9 Å². The molecule has 4 rings (SSSR count). The number of carbonyl (C=O) groups is 1. The largest absolute Gasteiger partial charge is 0.495 e. The molecule has 0 atom stereocenters. The van der Waals surface area contributed by atoms with E-state index >= 15 is 0 Å². The summed E-state index contributed by atoms with van der Waals surface area (Å²) in [7, 11) is 1.44. The summed E-state index contributed by atoms with van der Waals surface area (Å²) in [4.78, 5) is 28.6. The van der Waals surface area contributed by atoms with Gasteiger partial charge in [-0.25, -0.2) is 4.98 Å². The molecule has 7 nitrogen and oxygen atoms in total. The van der Waals surface area contributed by atoms with Crippen molar-refractivity contribution in [3.8, 4) is 17.0 Å². The van der Waals surface area contributed by atoms with Crippen LogP contribution in [0.5, 0.6) is 5.75 Å². The van der Waals surface area contributed by atoms with E-state index in [1.165, 1.54) is 25.3 Å². The number of amides is 1. The third-order valence-electron chi connectivity index (χ3n) is 4.95. The van der Waals surface area contributed by atoms with Crippen LogP contribution in [-0.2, 0) is 0 Å². The van der Waals surface area contributed by atoms with Gasteiger partial charge in [0.15, 0.2) is 0 Å². The normalized spacial score (nSPS) is 10.6. The standard InChI is InChI=1S/C24H19N3O4/c1-15-7-9-16(10-8-15)21-14-19(18-5-3-4-6-20(18)25-21)24(28)26-22-13-17(27(29)30)11-12-23(22)31-2/h3-14H,1-2H3,(H,26,28). The minimum atomic E-state index is -0.521. The van der Waals surface area contributed by atoms with Crippen LogP contribution in [0.15, 0.2) is 72.8 Å². The molecule has 1 aromatic heterocycles. The van der Waals surface area contributed by atoms with Crippen LogP contribution in [0.25, 0.3) is 22.2 Å². The summed E-state index contributed by atoms with van der Waals surface area (Å²) >= 11 is 0. The lowest BCUT2D eigenvalue weighted by Crippen LogP contribution is -2.14. The topological polar surface area (TPSA) is 94.4 Å². The summed E-state index contributed by atoms with van der Waals surface area (Å²) < 4.78 is 5.26. The Bertz CT molecular complexity index is 1300. The number of nitro benzene ring substituents is 1. The molecule has 0 fully saturated rings. The molecule has 1 N–H and O–H groups in total. The zero-order valence-electron chi connectivity index (χ0n) is 17.0. The number of aromatic nitrogens is 1. The molecule has 0 bridgehead atoms. The molecule has 0 spiro atoms. The van der Waals surface area contributed by atoms with Crippen LogP contribution >= 0.6 is 0 Å². The Morgan fingerprint density at radius 2 is 1.77 bits per heavy atom. The van der Waals surface area contributed by atoms with Crippen molar-refractivity contribution < 1.29 is 14.5 Å². The number of fused-ring (bicyclic) bond motifs is 1. The predicted octanol–water partition coefficient (Wildman–Crippen LogP) is 5.38. The van der Waals surface area contributed by atoms with Gasteiger partial charge in [-0.2, -0.15) is 0 Å².